The van der Waals surface area contributed by atoms with Gasteiger partial charge in [0.05, 0.1) is 0 Å². The monoisotopic (exact) mass is 354 g/mol. The zero-order valence-corrected chi connectivity index (χ0v) is 15.4. The number of amides is 1. The van der Waals surface area contributed by atoms with Crippen molar-refractivity contribution in [2.45, 2.75) is 45.6 Å². The van der Waals surface area contributed by atoms with E-state index in [1.54, 1.807) is 10.9 Å². The molecular formula is C19H26N6O. The third-order valence-electron chi connectivity index (χ3n) is 5.37. The number of nitrogens with zero attached hydrogens (tertiary/aromatic N) is 5. The Morgan fingerprint density at radius 2 is 2.12 bits per heavy atom. The summed E-state index contributed by atoms with van der Waals surface area (Å²) in [6.45, 7) is 5.89. The lowest BCUT2D eigenvalue weighted by Gasteiger charge is -2.21. The largest absolute Gasteiger partial charge is 0.353 e. The highest BCUT2D eigenvalue weighted by molar-refractivity contribution is 5.81. The maximum Gasteiger partial charge on any atom is 0.227 e. The molecule has 0 aromatic carbocycles. The van der Waals surface area contributed by atoms with Crippen LogP contribution in [0.5, 0.6) is 0 Å². The van der Waals surface area contributed by atoms with Crippen molar-refractivity contribution in [2.24, 2.45) is 11.8 Å². The van der Waals surface area contributed by atoms with Crippen molar-refractivity contribution in [3.05, 3.63) is 30.2 Å². The molecule has 0 radical (unpaired) electrons. The van der Waals surface area contributed by atoms with E-state index in [4.69, 9.17) is 4.98 Å². The number of carbonyl (C=O) groups is 1. The standard InChI is InChI=1S/C19H26N6O/c1-13-11-16(13)18(26)22-15-5-3-8-24(10-6-15)19-21-14(2)12-17(23-19)25-9-4-7-20-25/h4,7,9,12-13,15-16H,3,5-6,8,10-11H2,1-2H3,(H,22,26). The van der Waals surface area contributed by atoms with E-state index in [9.17, 15) is 4.79 Å². The van der Waals surface area contributed by atoms with Gasteiger partial charge in [-0.15, -0.1) is 0 Å². The molecule has 3 atom stereocenters. The lowest BCUT2D eigenvalue weighted by Crippen LogP contribution is -2.37. The Bertz CT molecular complexity index is 774. The molecule has 1 saturated heterocycles. The lowest BCUT2D eigenvalue weighted by molar-refractivity contribution is -0.123. The maximum absolute atomic E-state index is 12.2. The second-order valence-corrected chi connectivity index (χ2v) is 7.56. The minimum absolute atomic E-state index is 0.240. The van der Waals surface area contributed by atoms with Crippen LogP contribution >= 0.6 is 0 Å². The summed E-state index contributed by atoms with van der Waals surface area (Å²) < 4.78 is 1.76. The Morgan fingerprint density at radius 3 is 2.85 bits per heavy atom. The van der Waals surface area contributed by atoms with E-state index < -0.39 is 0 Å². The fourth-order valence-corrected chi connectivity index (χ4v) is 3.64. The highest BCUT2D eigenvalue weighted by atomic mass is 16.2. The van der Waals surface area contributed by atoms with E-state index in [-0.39, 0.29) is 17.9 Å². The van der Waals surface area contributed by atoms with Crippen molar-refractivity contribution in [3.63, 3.8) is 0 Å². The number of hydrogen-bond donors (Lipinski definition) is 1. The number of nitrogens with one attached hydrogen (secondary N) is 1. The van der Waals surface area contributed by atoms with Gasteiger partial charge in [-0.25, -0.2) is 9.67 Å². The third-order valence-corrected chi connectivity index (χ3v) is 5.37. The molecule has 2 aromatic heterocycles. The Labute approximate surface area is 153 Å². The summed E-state index contributed by atoms with van der Waals surface area (Å²) in [5, 5.41) is 7.51. The van der Waals surface area contributed by atoms with Crippen LogP contribution in [0.2, 0.25) is 0 Å². The summed E-state index contributed by atoms with van der Waals surface area (Å²) in [7, 11) is 0. The average Bonchev–Trinajstić information content (AvgIpc) is 3.18. The molecule has 138 valence electrons. The molecule has 7 nitrogen and oxygen atoms in total. The Balaban J connectivity index is 1.43. The number of carbonyl (C=O) groups excluding carboxylic acids is 1. The molecule has 26 heavy (non-hydrogen) atoms. The van der Waals surface area contributed by atoms with Gasteiger partial charge in [0.25, 0.3) is 0 Å². The van der Waals surface area contributed by atoms with Crippen LogP contribution in [0.15, 0.2) is 24.5 Å². The van der Waals surface area contributed by atoms with Gasteiger partial charge in [-0.3, -0.25) is 4.79 Å². The normalized spacial score (nSPS) is 25.6. The van der Waals surface area contributed by atoms with Crippen LogP contribution in [0.1, 0.15) is 38.3 Å². The summed E-state index contributed by atoms with van der Waals surface area (Å²) >= 11 is 0. The summed E-state index contributed by atoms with van der Waals surface area (Å²) in [6, 6.07) is 4.08. The molecule has 1 N–H and O–H groups in total. The van der Waals surface area contributed by atoms with E-state index in [0.29, 0.717) is 5.92 Å². The van der Waals surface area contributed by atoms with Crippen molar-refractivity contribution < 1.29 is 4.79 Å². The van der Waals surface area contributed by atoms with Gasteiger partial charge >= 0.3 is 0 Å². The minimum Gasteiger partial charge on any atom is -0.353 e. The van der Waals surface area contributed by atoms with Gasteiger partial charge in [-0.05, 0) is 44.6 Å². The molecule has 1 saturated carbocycles. The minimum atomic E-state index is 0.240. The fraction of sp³-hybridized carbons (Fsp3) is 0.579. The van der Waals surface area contributed by atoms with Crippen LogP contribution in [-0.2, 0) is 4.79 Å². The van der Waals surface area contributed by atoms with Crippen LogP contribution in [0.3, 0.4) is 0 Å². The van der Waals surface area contributed by atoms with Crippen molar-refractivity contribution in [2.75, 3.05) is 18.0 Å². The summed E-state index contributed by atoms with van der Waals surface area (Å²) in [6.07, 6.45) is 7.65. The molecular weight excluding hydrogens is 328 g/mol. The molecule has 1 aliphatic carbocycles. The number of aromatic nitrogens is 4. The topological polar surface area (TPSA) is 75.9 Å². The van der Waals surface area contributed by atoms with Crippen molar-refractivity contribution in [1.82, 2.24) is 25.1 Å². The Kier molecular flexibility index (Phi) is 4.61. The van der Waals surface area contributed by atoms with Crippen molar-refractivity contribution in [1.29, 1.82) is 0 Å². The third kappa shape index (κ3) is 3.71. The molecule has 3 unspecified atom stereocenters. The zero-order chi connectivity index (χ0) is 18.1. The van der Waals surface area contributed by atoms with E-state index in [1.807, 2.05) is 25.3 Å². The van der Waals surface area contributed by atoms with Crippen LogP contribution in [0.25, 0.3) is 5.82 Å². The van der Waals surface area contributed by atoms with Gasteiger partial charge in [0.15, 0.2) is 5.82 Å². The van der Waals surface area contributed by atoms with E-state index in [1.165, 1.54) is 0 Å². The first-order valence-corrected chi connectivity index (χ1v) is 9.51. The molecule has 2 fully saturated rings. The van der Waals surface area contributed by atoms with Gasteiger partial charge in [-0.2, -0.15) is 10.1 Å². The van der Waals surface area contributed by atoms with Gasteiger partial charge in [0.2, 0.25) is 11.9 Å². The predicted molar refractivity (Wildman–Crippen MR) is 99.2 cm³/mol. The second kappa shape index (κ2) is 7.05. The van der Waals surface area contributed by atoms with Gasteiger partial charge < -0.3 is 10.2 Å². The molecule has 2 aromatic rings. The average molecular weight is 354 g/mol. The lowest BCUT2D eigenvalue weighted by atomic mass is 10.1. The maximum atomic E-state index is 12.2. The fourth-order valence-electron chi connectivity index (χ4n) is 3.64. The van der Waals surface area contributed by atoms with Crippen molar-refractivity contribution in [3.8, 4) is 5.82 Å². The summed E-state index contributed by atoms with van der Waals surface area (Å²) in [4.78, 5) is 23.8. The van der Waals surface area contributed by atoms with E-state index in [0.717, 1.165) is 56.2 Å². The molecule has 4 rings (SSSR count). The van der Waals surface area contributed by atoms with E-state index in [2.05, 4.69) is 27.2 Å². The van der Waals surface area contributed by atoms with E-state index >= 15 is 0 Å². The first kappa shape index (κ1) is 17.0. The number of anilines is 1. The summed E-state index contributed by atoms with van der Waals surface area (Å²) in [5.74, 6) is 2.57. The van der Waals surface area contributed by atoms with Crippen LogP contribution < -0.4 is 10.2 Å². The molecule has 7 heteroatoms. The predicted octanol–water partition coefficient (Wildman–Crippen LogP) is 2.10. The quantitative estimate of drug-likeness (QED) is 0.910. The van der Waals surface area contributed by atoms with Crippen LogP contribution in [-0.4, -0.2) is 44.8 Å². The first-order valence-electron chi connectivity index (χ1n) is 9.51. The number of hydrogen-bond acceptors (Lipinski definition) is 5. The summed E-state index contributed by atoms with van der Waals surface area (Å²) in [5.41, 5.74) is 0.928. The number of aryl methyl sites for hydroxylation is 1. The number of rotatable bonds is 4. The van der Waals surface area contributed by atoms with Gasteiger partial charge in [-0.1, -0.05) is 6.92 Å². The smallest absolute Gasteiger partial charge is 0.227 e. The van der Waals surface area contributed by atoms with Gasteiger partial charge in [0, 0.05) is 49.2 Å². The Hall–Kier alpha value is -2.44. The van der Waals surface area contributed by atoms with Gasteiger partial charge in [0.1, 0.15) is 0 Å². The Morgan fingerprint density at radius 1 is 1.27 bits per heavy atom. The highest BCUT2D eigenvalue weighted by Crippen LogP contribution is 2.37. The molecule has 0 bridgehead atoms. The molecule has 2 aliphatic rings. The van der Waals surface area contributed by atoms with Crippen LogP contribution in [0, 0.1) is 18.8 Å². The SMILES string of the molecule is Cc1cc(-n2cccn2)nc(N2CCCC(NC(=O)C3CC3C)CC2)n1. The molecule has 1 amide bonds. The molecule has 0 spiro atoms. The second-order valence-electron chi connectivity index (χ2n) is 7.56. The zero-order valence-electron chi connectivity index (χ0n) is 15.4. The van der Waals surface area contributed by atoms with Crippen molar-refractivity contribution >= 4 is 11.9 Å². The van der Waals surface area contributed by atoms with Crippen LogP contribution in [0.4, 0.5) is 5.95 Å². The molecule has 1 aliphatic heterocycles. The highest BCUT2D eigenvalue weighted by Gasteiger charge is 2.39. The molecule has 3 heterocycles. The first-order chi connectivity index (χ1) is 12.6.